The van der Waals surface area contributed by atoms with Crippen molar-refractivity contribution >= 4 is 22.8 Å². The quantitative estimate of drug-likeness (QED) is 0.184. The van der Waals surface area contributed by atoms with Crippen LogP contribution in [0.3, 0.4) is 0 Å². The van der Waals surface area contributed by atoms with Crippen LogP contribution >= 0.6 is 0 Å². The van der Waals surface area contributed by atoms with Crippen molar-refractivity contribution in [2.45, 2.75) is 12.3 Å². The number of methoxy groups -OCH3 is 2. The molecule has 11 nitrogen and oxygen atoms in total. The number of esters is 1. The summed E-state index contributed by atoms with van der Waals surface area (Å²) in [6.07, 6.45) is -0.385. The van der Waals surface area contributed by atoms with Crippen molar-refractivity contribution in [2.24, 2.45) is 5.73 Å². The maximum absolute atomic E-state index is 13.1. The lowest BCUT2D eigenvalue weighted by Gasteiger charge is -2.22. The first-order valence-corrected chi connectivity index (χ1v) is 11.6. The van der Waals surface area contributed by atoms with E-state index in [0.717, 1.165) is 6.07 Å². The second-order valence-corrected chi connectivity index (χ2v) is 8.50. The van der Waals surface area contributed by atoms with Gasteiger partial charge in [0.15, 0.2) is 35.0 Å². The Balaban J connectivity index is 2.04. The van der Waals surface area contributed by atoms with Gasteiger partial charge in [-0.25, -0.2) is 0 Å². The molecule has 0 spiro atoms. The van der Waals surface area contributed by atoms with Crippen LogP contribution in [-0.4, -0.2) is 48.0 Å². The Morgan fingerprint density at radius 1 is 0.949 bits per heavy atom. The van der Waals surface area contributed by atoms with E-state index in [0.29, 0.717) is 11.1 Å². The molecule has 1 amide bonds. The highest BCUT2D eigenvalue weighted by atomic mass is 16.5. The highest BCUT2D eigenvalue weighted by molar-refractivity contribution is 5.93. The average molecular weight is 536 g/mol. The molecule has 0 fully saturated rings. The minimum Gasteiger partial charge on any atom is -0.504 e. The molecule has 0 aliphatic rings. The molecule has 0 saturated carbocycles. The number of phenolic OH excluding ortho intramolecular Hbond substituents is 3. The lowest BCUT2D eigenvalue weighted by Crippen LogP contribution is -2.20. The number of fused-ring (bicyclic) bond motifs is 1. The van der Waals surface area contributed by atoms with Crippen LogP contribution in [0.15, 0.2) is 63.8 Å². The fourth-order valence-electron chi connectivity index (χ4n) is 4.25. The van der Waals surface area contributed by atoms with Gasteiger partial charge in [-0.3, -0.25) is 14.4 Å². The third-order valence-electron chi connectivity index (χ3n) is 6.10. The van der Waals surface area contributed by atoms with Gasteiger partial charge in [-0.1, -0.05) is 36.4 Å². The van der Waals surface area contributed by atoms with E-state index >= 15 is 0 Å². The van der Waals surface area contributed by atoms with Gasteiger partial charge >= 0.3 is 5.97 Å². The number of nitrogens with two attached hydrogens (primary N) is 1. The molecule has 4 rings (SSSR count). The van der Waals surface area contributed by atoms with Crippen LogP contribution in [0, 0.1) is 0 Å². The molecule has 4 aromatic rings. The maximum Gasteiger partial charge on any atom is 0.306 e. The number of aromatic hydroxyl groups is 3. The smallest absolute Gasteiger partial charge is 0.306 e. The van der Waals surface area contributed by atoms with Crippen molar-refractivity contribution in [3.05, 3.63) is 75.9 Å². The first-order valence-electron chi connectivity index (χ1n) is 11.6. The highest BCUT2D eigenvalue weighted by Gasteiger charge is 2.32. The molecular formula is C28H25NO10. The third kappa shape index (κ3) is 5.28. The standard InChI is InChI=1S/C28H25NO10/c1-36-18-9-8-15(10-20(18)38-13-21(29)31)16(11-22(32)37-2)23-25(33)27(35)26(34)24-17(30)12-19(39-28(23)24)14-6-4-3-5-7-14/h3-10,12,16,33-35H,11,13H2,1-2H3,(H2,29,31)/t16-/m1/s1. The van der Waals surface area contributed by atoms with Gasteiger partial charge in [-0.2, -0.15) is 0 Å². The van der Waals surface area contributed by atoms with E-state index in [4.69, 9.17) is 24.4 Å². The Morgan fingerprint density at radius 3 is 2.31 bits per heavy atom. The summed E-state index contributed by atoms with van der Waals surface area (Å²) in [5, 5.41) is 31.8. The Morgan fingerprint density at radius 2 is 1.67 bits per heavy atom. The molecule has 1 atom stereocenters. The van der Waals surface area contributed by atoms with E-state index in [1.165, 1.54) is 26.4 Å². The highest BCUT2D eigenvalue weighted by Crippen LogP contribution is 2.50. The van der Waals surface area contributed by atoms with Crippen molar-refractivity contribution in [2.75, 3.05) is 20.8 Å². The van der Waals surface area contributed by atoms with E-state index in [9.17, 15) is 29.7 Å². The fourth-order valence-corrected chi connectivity index (χ4v) is 4.25. The van der Waals surface area contributed by atoms with E-state index in [-0.39, 0.29) is 34.8 Å². The molecule has 3 aromatic carbocycles. The molecule has 0 unspecified atom stereocenters. The van der Waals surface area contributed by atoms with E-state index in [2.05, 4.69) is 0 Å². The molecule has 0 aliphatic carbocycles. The van der Waals surface area contributed by atoms with Crippen LogP contribution in [0.4, 0.5) is 0 Å². The monoisotopic (exact) mass is 535 g/mol. The summed E-state index contributed by atoms with van der Waals surface area (Å²) in [5.74, 6) is -4.72. The zero-order valence-electron chi connectivity index (χ0n) is 21.0. The summed E-state index contributed by atoms with van der Waals surface area (Å²) >= 11 is 0. The second-order valence-electron chi connectivity index (χ2n) is 8.50. The molecule has 1 aromatic heterocycles. The Kier molecular flexibility index (Phi) is 7.61. The number of benzene rings is 3. The lowest BCUT2D eigenvalue weighted by atomic mass is 9.86. The minimum atomic E-state index is -1.09. The Labute approximate surface area is 221 Å². The second kappa shape index (κ2) is 11.1. The molecule has 0 saturated heterocycles. The minimum absolute atomic E-state index is 0.0990. The SMILES string of the molecule is COC(=O)C[C@H](c1ccc(OC)c(OCC(N)=O)c1)c1c(O)c(O)c(O)c2c(=O)cc(-c3ccccc3)oc12. The Bertz CT molecular complexity index is 1610. The molecule has 11 heteroatoms. The molecule has 5 N–H and O–H groups in total. The van der Waals surface area contributed by atoms with E-state index in [1.807, 2.05) is 0 Å². The molecule has 39 heavy (non-hydrogen) atoms. The van der Waals surface area contributed by atoms with Gasteiger partial charge in [0.25, 0.3) is 5.91 Å². The summed E-state index contributed by atoms with van der Waals surface area (Å²) in [6.45, 7) is -0.467. The number of hydrogen-bond donors (Lipinski definition) is 4. The van der Waals surface area contributed by atoms with Crippen molar-refractivity contribution in [1.82, 2.24) is 0 Å². The summed E-state index contributed by atoms with van der Waals surface area (Å²) in [4.78, 5) is 37.0. The molecule has 0 radical (unpaired) electrons. The van der Waals surface area contributed by atoms with Crippen molar-refractivity contribution in [3.8, 4) is 40.1 Å². The molecule has 0 aliphatic heterocycles. The zero-order valence-corrected chi connectivity index (χ0v) is 21.0. The summed E-state index contributed by atoms with van der Waals surface area (Å²) in [6, 6.07) is 14.3. The van der Waals surface area contributed by atoms with Crippen molar-refractivity contribution in [1.29, 1.82) is 0 Å². The van der Waals surface area contributed by atoms with Gasteiger partial charge in [0, 0.05) is 23.1 Å². The predicted octanol–water partition coefficient (Wildman–Crippen LogP) is 3.14. The van der Waals surface area contributed by atoms with Crippen molar-refractivity contribution in [3.63, 3.8) is 0 Å². The summed E-state index contributed by atoms with van der Waals surface area (Å²) in [7, 11) is 2.56. The largest absolute Gasteiger partial charge is 0.504 e. The maximum atomic E-state index is 13.1. The number of hydrogen-bond acceptors (Lipinski definition) is 10. The average Bonchev–Trinajstić information content (AvgIpc) is 2.94. The topological polar surface area (TPSA) is 179 Å². The zero-order chi connectivity index (χ0) is 28.3. The first-order chi connectivity index (χ1) is 18.7. The van der Waals surface area contributed by atoms with Gasteiger partial charge in [0.1, 0.15) is 16.7 Å². The van der Waals surface area contributed by atoms with Crippen LogP contribution in [0.5, 0.6) is 28.7 Å². The Hall–Kier alpha value is -5.19. The van der Waals surface area contributed by atoms with E-state index < -0.39 is 52.5 Å². The number of primary amides is 1. The number of rotatable bonds is 9. The van der Waals surface area contributed by atoms with Crippen LogP contribution in [-0.2, 0) is 14.3 Å². The molecule has 202 valence electrons. The number of phenols is 3. The summed E-state index contributed by atoms with van der Waals surface area (Å²) in [5.41, 5.74) is 4.96. The van der Waals surface area contributed by atoms with Crippen LogP contribution in [0.2, 0.25) is 0 Å². The summed E-state index contributed by atoms with van der Waals surface area (Å²) < 4.78 is 21.6. The van der Waals surface area contributed by atoms with Gasteiger partial charge < -0.3 is 39.7 Å². The number of carbonyl (C=O) groups excluding carboxylic acids is 2. The van der Waals surface area contributed by atoms with E-state index in [1.54, 1.807) is 36.4 Å². The van der Waals surface area contributed by atoms with Gasteiger partial charge in [-0.05, 0) is 17.7 Å². The first kappa shape index (κ1) is 26.9. The van der Waals surface area contributed by atoms with Crippen LogP contribution in [0.1, 0.15) is 23.5 Å². The number of ether oxygens (including phenoxy) is 3. The molecular weight excluding hydrogens is 510 g/mol. The molecule has 0 bridgehead atoms. The van der Waals surface area contributed by atoms with Crippen LogP contribution in [0.25, 0.3) is 22.3 Å². The predicted molar refractivity (Wildman–Crippen MR) is 139 cm³/mol. The van der Waals surface area contributed by atoms with Crippen LogP contribution < -0.4 is 20.6 Å². The van der Waals surface area contributed by atoms with Gasteiger partial charge in [-0.15, -0.1) is 0 Å². The van der Waals surface area contributed by atoms with Gasteiger partial charge in [0.05, 0.1) is 20.6 Å². The molecule has 1 heterocycles. The normalized spacial score (nSPS) is 11.6. The fraction of sp³-hybridized carbons (Fsp3) is 0.179. The van der Waals surface area contributed by atoms with Crippen molar-refractivity contribution < 1.29 is 43.5 Å². The lowest BCUT2D eigenvalue weighted by molar-refractivity contribution is -0.140. The van der Waals surface area contributed by atoms with Gasteiger partial charge in [0.2, 0.25) is 5.75 Å². The number of amides is 1. The third-order valence-corrected chi connectivity index (χ3v) is 6.10. The number of carbonyl (C=O) groups is 2.